The quantitative estimate of drug-likeness (QED) is 0.177. The van der Waals surface area contributed by atoms with Gasteiger partial charge in [-0.1, -0.05) is 6.92 Å². The van der Waals surface area contributed by atoms with Crippen LogP contribution in [0.5, 0.6) is 0 Å². The zero-order valence-electron chi connectivity index (χ0n) is 11.8. The maximum atomic E-state index is 11.8. The number of rotatable bonds is 9. The third-order valence-corrected chi connectivity index (χ3v) is 2.37. The number of carboxylic acids is 1. The van der Waals surface area contributed by atoms with Crippen LogP contribution in [0.4, 0.5) is 0 Å². The summed E-state index contributed by atoms with van der Waals surface area (Å²) in [5.74, 6) is -2.16. The molecule has 1 atom stereocenters. The standard InChI is InChI=1S/C11H21N5O4.ClH/c1-2-8(17)16-7(4-3-5-14-11(12)13)10(20)15-6-9(18)19;/h7H,2-6H2,1H3,(H,15,20)(H,16,17)(H,18,19)(H4,12,13,14);1H. The van der Waals surface area contributed by atoms with E-state index in [0.717, 1.165) is 0 Å². The summed E-state index contributed by atoms with van der Waals surface area (Å²) in [5.41, 5.74) is 5.11. The van der Waals surface area contributed by atoms with E-state index in [9.17, 15) is 14.4 Å². The van der Waals surface area contributed by atoms with Crippen LogP contribution < -0.4 is 21.7 Å². The smallest absolute Gasteiger partial charge is 0.322 e. The molecule has 0 bridgehead atoms. The van der Waals surface area contributed by atoms with Crippen LogP contribution in [-0.2, 0) is 14.4 Å². The molecule has 0 radical (unpaired) electrons. The number of guanidine groups is 1. The Hall–Kier alpha value is -2.03. The summed E-state index contributed by atoms with van der Waals surface area (Å²) in [7, 11) is 0. The average Bonchev–Trinajstić information content (AvgIpc) is 2.38. The Labute approximate surface area is 128 Å². The SMILES string of the molecule is CCC(=O)NC(CCCNC(=N)N)C(=O)NCC(=O)O.Cl. The molecule has 0 aromatic heterocycles. The van der Waals surface area contributed by atoms with Crippen molar-refractivity contribution in [1.29, 1.82) is 5.41 Å². The van der Waals surface area contributed by atoms with E-state index in [0.29, 0.717) is 19.4 Å². The van der Waals surface area contributed by atoms with E-state index in [1.54, 1.807) is 6.92 Å². The summed E-state index contributed by atoms with van der Waals surface area (Å²) in [5, 5.41) is 22.8. The highest BCUT2D eigenvalue weighted by Gasteiger charge is 2.20. The van der Waals surface area contributed by atoms with Crippen LogP contribution in [0.3, 0.4) is 0 Å². The maximum absolute atomic E-state index is 11.8. The molecule has 0 rings (SSSR count). The number of amides is 2. The van der Waals surface area contributed by atoms with Crippen molar-refractivity contribution in [2.45, 2.75) is 32.2 Å². The molecule has 7 N–H and O–H groups in total. The summed E-state index contributed by atoms with van der Waals surface area (Å²) in [6.07, 6.45) is 1.04. The number of nitrogens with one attached hydrogen (secondary N) is 4. The predicted molar refractivity (Wildman–Crippen MR) is 79.3 cm³/mol. The van der Waals surface area contributed by atoms with Gasteiger partial charge in [-0.15, -0.1) is 12.4 Å². The molecule has 0 saturated heterocycles. The number of carbonyl (C=O) groups is 3. The molecule has 0 fully saturated rings. The third-order valence-electron chi connectivity index (χ3n) is 2.37. The highest BCUT2D eigenvalue weighted by atomic mass is 35.5. The molecule has 0 aromatic rings. The second-order valence-electron chi connectivity index (χ2n) is 4.07. The molecular formula is C11H22ClN5O4. The zero-order chi connectivity index (χ0) is 15.5. The zero-order valence-corrected chi connectivity index (χ0v) is 12.6. The number of aliphatic carboxylic acids is 1. The van der Waals surface area contributed by atoms with Gasteiger partial charge in [-0.3, -0.25) is 19.8 Å². The lowest BCUT2D eigenvalue weighted by Gasteiger charge is -2.17. The fourth-order valence-corrected chi connectivity index (χ4v) is 1.38. The first-order valence-corrected chi connectivity index (χ1v) is 6.23. The Balaban J connectivity index is 0. The van der Waals surface area contributed by atoms with Gasteiger partial charge in [0, 0.05) is 13.0 Å². The first-order chi connectivity index (χ1) is 9.36. The van der Waals surface area contributed by atoms with Gasteiger partial charge in [0.15, 0.2) is 5.96 Å². The lowest BCUT2D eigenvalue weighted by atomic mass is 10.1. The first kappa shape index (κ1) is 21.3. The van der Waals surface area contributed by atoms with Gasteiger partial charge in [-0.05, 0) is 12.8 Å². The van der Waals surface area contributed by atoms with Crippen LogP contribution in [-0.4, -0.2) is 48.0 Å². The minimum Gasteiger partial charge on any atom is -0.480 e. The molecule has 0 saturated carbocycles. The monoisotopic (exact) mass is 323 g/mol. The molecule has 0 spiro atoms. The van der Waals surface area contributed by atoms with Crippen molar-refractivity contribution in [2.24, 2.45) is 5.73 Å². The molecule has 0 heterocycles. The molecule has 2 amide bonds. The molecule has 9 nitrogen and oxygen atoms in total. The van der Waals surface area contributed by atoms with Gasteiger partial charge in [0.25, 0.3) is 0 Å². The number of hydrogen-bond acceptors (Lipinski definition) is 4. The van der Waals surface area contributed by atoms with Crippen molar-refractivity contribution >= 4 is 36.2 Å². The van der Waals surface area contributed by atoms with Gasteiger partial charge in [0.05, 0.1) is 0 Å². The predicted octanol–water partition coefficient (Wildman–Crippen LogP) is -1.23. The highest BCUT2D eigenvalue weighted by Crippen LogP contribution is 1.98. The second kappa shape index (κ2) is 11.8. The minimum atomic E-state index is -1.16. The molecule has 1 unspecified atom stereocenters. The molecule has 0 aliphatic heterocycles. The fraction of sp³-hybridized carbons (Fsp3) is 0.636. The van der Waals surface area contributed by atoms with E-state index in [4.69, 9.17) is 16.2 Å². The van der Waals surface area contributed by atoms with Gasteiger partial charge in [-0.25, -0.2) is 0 Å². The Morgan fingerprint density at radius 3 is 2.38 bits per heavy atom. The van der Waals surface area contributed by atoms with Crippen LogP contribution in [0, 0.1) is 5.41 Å². The average molecular weight is 324 g/mol. The van der Waals surface area contributed by atoms with E-state index in [1.165, 1.54) is 0 Å². The van der Waals surface area contributed by atoms with Crippen molar-refractivity contribution in [1.82, 2.24) is 16.0 Å². The lowest BCUT2D eigenvalue weighted by molar-refractivity contribution is -0.138. The summed E-state index contributed by atoms with van der Waals surface area (Å²) in [4.78, 5) is 33.5. The van der Waals surface area contributed by atoms with Gasteiger partial charge >= 0.3 is 5.97 Å². The molecule has 10 heteroatoms. The summed E-state index contributed by atoms with van der Waals surface area (Å²) in [6.45, 7) is 1.54. The van der Waals surface area contributed by atoms with Crippen LogP contribution >= 0.6 is 12.4 Å². The van der Waals surface area contributed by atoms with Crippen LogP contribution in [0.2, 0.25) is 0 Å². The second-order valence-corrected chi connectivity index (χ2v) is 4.07. The number of halogens is 1. The Bertz CT molecular complexity index is 378. The lowest BCUT2D eigenvalue weighted by Crippen LogP contribution is -2.48. The van der Waals surface area contributed by atoms with E-state index in [2.05, 4.69) is 16.0 Å². The van der Waals surface area contributed by atoms with Gasteiger partial charge in [-0.2, -0.15) is 0 Å². The van der Waals surface area contributed by atoms with Crippen molar-refractivity contribution in [3.05, 3.63) is 0 Å². The van der Waals surface area contributed by atoms with Crippen molar-refractivity contribution in [3.63, 3.8) is 0 Å². The van der Waals surface area contributed by atoms with Crippen molar-refractivity contribution in [3.8, 4) is 0 Å². The fourth-order valence-electron chi connectivity index (χ4n) is 1.38. The summed E-state index contributed by atoms with van der Waals surface area (Å²) < 4.78 is 0. The van der Waals surface area contributed by atoms with E-state index in [1.807, 2.05) is 0 Å². The highest BCUT2D eigenvalue weighted by molar-refractivity contribution is 5.89. The molecule has 122 valence electrons. The van der Waals surface area contributed by atoms with Crippen LogP contribution in [0.25, 0.3) is 0 Å². The Morgan fingerprint density at radius 2 is 1.90 bits per heavy atom. The molecule has 0 aromatic carbocycles. The maximum Gasteiger partial charge on any atom is 0.322 e. The minimum absolute atomic E-state index is 0. The largest absolute Gasteiger partial charge is 0.480 e. The Kier molecular flexibility index (Phi) is 11.9. The molecule has 0 aliphatic carbocycles. The summed E-state index contributed by atoms with van der Waals surface area (Å²) in [6, 6.07) is -0.796. The van der Waals surface area contributed by atoms with Crippen molar-refractivity contribution in [2.75, 3.05) is 13.1 Å². The van der Waals surface area contributed by atoms with E-state index in [-0.39, 0.29) is 30.7 Å². The summed E-state index contributed by atoms with van der Waals surface area (Å²) >= 11 is 0. The molecule has 21 heavy (non-hydrogen) atoms. The van der Waals surface area contributed by atoms with Gasteiger partial charge < -0.3 is 26.8 Å². The first-order valence-electron chi connectivity index (χ1n) is 6.23. The third kappa shape index (κ3) is 11.5. The van der Waals surface area contributed by atoms with E-state index >= 15 is 0 Å². The van der Waals surface area contributed by atoms with Crippen LogP contribution in [0.15, 0.2) is 0 Å². The molecular weight excluding hydrogens is 302 g/mol. The topological polar surface area (TPSA) is 157 Å². The normalized spacial score (nSPS) is 10.7. The number of carboxylic acid groups (broad SMARTS) is 1. The number of nitrogens with two attached hydrogens (primary N) is 1. The van der Waals surface area contributed by atoms with Crippen LogP contribution in [0.1, 0.15) is 26.2 Å². The number of carbonyl (C=O) groups excluding carboxylic acids is 2. The molecule has 0 aliphatic rings. The van der Waals surface area contributed by atoms with Crippen molar-refractivity contribution < 1.29 is 19.5 Å². The number of hydrogen-bond donors (Lipinski definition) is 6. The van der Waals surface area contributed by atoms with Gasteiger partial charge in [0.2, 0.25) is 11.8 Å². The van der Waals surface area contributed by atoms with E-state index < -0.39 is 24.5 Å². The van der Waals surface area contributed by atoms with Gasteiger partial charge in [0.1, 0.15) is 12.6 Å². The Morgan fingerprint density at radius 1 is 1.29 bits per heavy atom.